The lowest BCUT2D eigenvalue weighted by molar-refractivity contribution is -0.121. The third kappa shape index (κ3) is 4.24. The quantitative estimate of drug-likeness (QED) is 0.580. The molecule has 1 aliphatic heterocycles. The van der Waals surface area contributed by atoms with Gasteiger partial charge in [-0.25, -0.2) is 5.43 Å². The molecule has 2 aromatic rings. The molecule has 1 amide bonds. The molecule has 3 N–H and O–H groups in total. The Morgan fingerprint density at radius 2 is 1.76 bits per heavy atom. The summed E-state index contributed by atoms with van der Waals surface area (Å²) in [6, 6.07) is 15.2. The van der Waals surface area contributed by atoms with Crippen LogP contribution in [-0.2, 0) is 4.79 Å². The lowest BCUT2D eigenvalue weighted by Crippen LogP contribution is -2.30. The maximum atomic E-state index is 12.1. The first-order valence-electron chi connectivity index (χ1n) is 8.88. The number of amides is 1. The van der Waals surface area contributed by atoms with Crippen molar-refractivity contribution in [3.8, 4) is 0 Å². The summed E-state index contributed by atoms with van der Waals surface area (Å²) in [5, 5.41) is 6.64. The van der Waals surface area contributed by atoms with E-state index in [0.29, 0.717) is 24.4 Å². The number of carbonyl (C=O) groups excluding carboxylic acids is 1. The van der Waals surface area contributed by atoms with Gasteiger partial charge in [-0.3, -0.25) is 15.6 Å². The summed E-state index contributed by atoms with van der Waals surface area (Å²) in [6.45, 7) is 6.20. The molecule has 0 radical (unpaired) electrons. The van der Waals surface area contributed by atoms with Gasteiger partial charge < -0.3 is 0 Å². The van der Waals surface area contributed by atoms with Crippen molar-refractivity contribution < 1.29 is 4.79 Å². The van der Waals surface area contributed by atoms with E-state index in [1.165, 1.54) is 10.8 Å². The molecule has 5 nitrogen and oxygen atoms in total. The molecule has 0 spiro atoms. The van der Waals surface area contributed by atoms with E-state index < -0.39 is 0 Å². The fraction of sp³-hybridized carbons (Fsp3) is 0.400. The number of hydrazone groups is 1. The van der Waals surface area contributed by atoms with Crippen molar-refractivity contribution in [2.45, 2.75) is 45.7 Å². The van der Waals surface area contributed by atoms with Crippen molar-refractivity contribution in [3.05, 3.63) is 48.0 Å². The van der Waals surface area contributed by atoms with E-state index in [4.69, 9.17) is 0 Å². The second-order valence-corrected chi connectivity index (χ2v) is 6.86. The Bertz CT molecular complexity index is 776. The van der Waals surface area contributed by atoms with E-state index in [1.54, 1.807) is 0 Å². The molecule has 0 aromatic heterocycles. The summed E-state index contributed by atoms with van der Waals surface area (Å²) in [5.41, 5.74) is 11.0. The Kier molecular flexibility index (Phi) is 5.46. The average molecular weight is 338 g/mol. The number of rotatable bonds is 5. The Labute approximate surface area is 148 Å². The van der Waals surface area contributed by atoms with Crippen LogP contribution in [0, 0.1) is 5.92 Å². The highest BCUT2D eigenvalue weighted by Crippen LogP contribution is 2.20. The van der Waals surface area contributed by atoms with Crippen molar-refractivity contribution in [3.63, 3.8) is 0 Å². The molecule has 5 heteroatoms. The molecule has 0 saturated carbocycles. The number of benzene rings is 2. The first-order chi connectivity index (χ1) is 12.0. The molecule has 132 valence electrons. The zero-order chi connectivity index (χ0) is 17.8. The van der Waals surface area contributed by atoms with Crippen LogP contribution < -0.4 is 16.3 Å². The van der Waals surface area contributed by atoms with Crippen molar-refractivity contribution >= 4 is 22.4 Å². The maximum absolute atomic E-state index is 12.1. The van der Waals surface area contributed by atoms with Crippen LogP contribution in [0.15, 0.2) is 47.6 Å². The Balaban J connectivity index is 1.57. The normalized spacial score (nSPS) is 23.8. The van der Waals surface area contributed by atoms with Crippen LogP contribution in [0.2, 0.25) is 0 Å². The minimum absolute atomic E-state index is 0.0357. The summed E-state index contributed by atoms with van der Waals surface area (Å²) in [5.74, 6) is 0.419. The maximum Gasteiger partial charge on any atom is 0.240 e. The summed E-state index contributed by atoms with van der Waals surface area (Å²) in [4.78, 5) is 12.1. The highest BCUT2D eigenvalue weighted by molar-refractivity contribution is 6.02. The Hall–Kier alpha value is -2.24. The number of carbonyl (C=O) groups is 1. The number of hydrogen-bond acceptors (Lipinski definition) is 4. The monoisotopic (exact) mass is 338 g/mol. The Morgan fingerprint density at radius 3 is 2.48 bits per heavy atom. The highest BCUT2D eigenvalue weighted by atomic mass is 16.2. The summed E-state index contributed by atoms with van der Waals surface area (Å²) >= 11 is 0. The molecule has 0 aliphatic carbocycles. The molecule has 25 heavy (non-hydrogen) atoms. The average Bonchev–Trinajstić information content (AvgIpc) is 2.95. The van der Waals surface area contributed by atoms with Gasteiger partial charge in [0.1, 0.15) is 0 Å². The van der Waals surface area contributed by atoms with Crippen LogP contribution in [0.5, 0.6) is 0 Å². The van der Waals surface area contributed by atoms with Gasteiger partial charge in [-0.05, 0) is 55.5 Å². The fourth-order valence-electron chi connectivity index (χ4n) is 3.39. The molecule has 1 heterocycles. The van der Waals surface area contributed by atoms with E-state index >= 15 is 0 Å². The van der Waals surface area contributed by atoms with Gasteiger partial charge in [0.2, 0.25) is 5.91 Å². The van der Waals surface area contributed by atoms with Crippen LogP contribution >= 0.6 is 0 Å². The van der Waals surface area contributed by atoms with Gasteiger partial charge in [-0.15, -0.1) is 0 Å². The topological polar surface area (TPSA) is 65.5 Å². The van der Waals surface area contributed by atoms with Crippen LogP contribution in [-0.4, -0.2) is 23.7 Å². The van der Waals surface area contributed by atoms with Crippen molar-refractivity contribution in [2.24, 2.45) is 11.0 Å². The van der Waals surface area contributed by atoms with Gasteiger partial charge in [-0.2, -0.15) is 5.10 Å². The lowest BCUT2D eigenvalue weighted by Gasteiger charge is -2.16. The van der Waals surface area contributed by atoms with E-state index in [0.717, 1.165) is 17.7 Å². The predicted molar refractivity (Wildman–Crippen MR) is 102 cm³/mol. The smallest absolute Gasteiger partial charge is 0.240 e. The van der Waals surface area contributed by atoms with Crippen LogP contribution in [0.4, 0.5) is 0 Å². The molecule has 2 atom stereocenters. The van der Waals surface area contributed by atoms with Gasteiger partial charge in [0, 0.05) is 18.5 Å². The molecule has 1 aliphatic rings. The SMILES string of the molecule is C/C(=N\NC(=O)CCC1C(C)NNC1C)c1ccc2ccccc2c1. The Morgan fingerprint density at radius 1 is 1.08 bits per heavy atom. The second-order valence-electron chi connectivity index (χ2n) is 6.86. The zero-order valence-electron chi connectivity index (χ0n) is 15.0. The molecular weight excluding hydrogens is 312 g/mol. The van der Waals surface area contributed by atoms with E-state index in [1.807, 2.05) is 25.1 Å². The van der Waals surface area contributed by atoms with Crippen LogP contribution in [0.1, 0.15) is 39.2 Å². The van der Waals surface area contributed by atoms with Gasteiger partial charge in [0.05, 0.1) is 5.71 Å². The van der Waals surface area contributed by atoms with E-state index in [-0.39, 0.29) is 5.91 Å². The summed E-state index contributed by atoms with van der Waals surface area (Å²) in [7, 11) is 0. The van der Waals surface area contributed by atoms with E-state index in [9.17, 15) is 4.79 Å². The highest BCUT2D eigenvalue weighted by Gasteiger charge is 2.29. The molecule has 2 unspecified atom stereocenters. The van der Waals surface area contributed by atoms with Gasteiger partial charge in [0.15, 0.2) is 0 Å². The molecule has 1 fully saturated rings. The first kappa shape index (κ1) is 17.6. The zero-order valence-corrected chi connectivity index (χ0v) is 15.0. The predicted octanol–water partition coefficient (Wildman–Crippen LogP) is 2.96. The summed E-state index contributed by atoms with van der Waals surface area (Å²) in [6.07, 6.45) is 1.33. The third-order valence-electron chi connectivity index (χ3n) is 5.04. The molecule has 0 bridgehead atoms. The lowest BCUT2D eigenvalue weighted by atomic mass is 9.91. The number of nitrogens with zero attached hydrogens (tertiary/aromatic N) is 1. The number of fused-ring (bicyclic) bond motifs is 1. The summed E-state index contributed by atoms with van der Waals surface area (Å²) < 4.78 is 0. The third-order valence-corrected chi connectivity index (χ3v) is 5.04. The molecular formula is C20H26N4O. The van der Waals surface area contributed by atoms with E-state index in [2.05, 4.69) is 59.5 Å². The van der Waals surface area contributed by atoms with Gasteiger partial charge in [0.25, 0.3) is 0 Å². The van der Waals surface area contributed by atoms with Crippen LogP contribution in [0.25, 0.3) is 10.8 Å². The molecule has 1 saturated heterocycles. The van der Waals surface area contributed by atoms with Crippen molar-refractivity contribution in [1.82, 2.24) is 16.3 Å². The number of nitrogens with one attached hydrogen (secondary N) is 3. The van der Waals surface area contributed by atoms with Crippen molar-refractivity contribution in [1.29, 1.82) is 0 Å². The largest absolute Gasteiger partial charge is 0.273 e. The van der Waals surface area contributed by atoms with Gasteiger partial charge >= 0.3 is 0 Å². The minimum Gasteiger partial charge on any atom is -0.273 e. The molecule has 2 aromatic carbocycles. The minimum atomic E-state index is -0.0357. The molecule has 3 rings (SSSR count). The fourth-order valence-corrected chi connectivity index (χ4v) is 3.39. The van der Waals surface area contributed by atoms with Gasteiger partial charge in [-0.1, -0.05) is 36.4 Å². The first-order valence-corrected chi connectivity index (χ1v) is 8.88. The number of hydrogen-bond donors (Lipinski definition) is 3. The standard InChI is InChI=1S/C20H26N4O/c1-13(17-9-8-16-6-4-5-7-18(16)12-17)21-24-20(25)11-10-19-14(2)22-23-15(19)3/h4-9,12,14-15,19,22-23H,10-11H2,1-3H3,(H,24,25)/b21-13+. The second kappa shape index (κ2) is 7.76. The van der Waals surface area contributed by atoms with Crippen LogP contribution in [0.3, 0.4) is 0 Å². The van der Waals surface area contributed by atoms with Crippen molar-refractivity contribution in [2.75, 3.05) is 0 Å². The number of hydrazine groups is 1.